The number of aryl methyl sites for hydroxylation is 1. The van der Waals surface area contributed by atoms with Crippen LogP contribution in [-0.4, -0.2) is 25.4 Å². The van der Waals surface area contributed by atoms with Gasteiger partial charge in [0.1, 0.15) is 0 Å². The first-order chi connectivity index (χ1) is 7.51. The van der Waals surface area contributed by atoms with Gasteiger partial charge in [0.15, 0.2) is 11.5 Å². The average molecular weight is 289 g/mol. The third-order valence-electron chi connectivity index (χ3n) is 2.44. The van der Waals surface area contributed by atoms with E-state index in [1.807, 2.05) is 13.0 Å². The van der Waals surface area contributed by atoms with Crippen LogP contribution >= 0.6 is 15.9 Å². The van der Waals surface area contributed by atoms with Crippen molar-refractivity contribution in [3.8, 4) is 11.5 Å². The molecule has 0 bridgehead atoms. The van der Waals surface area contributed by atoms with Crippen molar-refractivity contribution in [3.05, 3.63) is 21.7 Å². The SMILES string of the molecule is COc1cc(C)c(CC(C)O)c(Br)c1OC. The second-order valence-electron chi connectivity index (χ2n) is 3.77. The Hall–Kier alpha value is -0.740. The zero-order valence-electron chi connectivity index (χ0n) is 10.0. The van der Waals surface area contributed by atoms with E-state index in [-0.39, 0.29) is 6.10 Å². The fraction of sp³-hybridized carbons (Fsp3) is 0.500. The van der Waals surface area contributed by atoms with Crippen LogP contribution in [0.5, 0.6) is 11.5 Å². The molecule has 90 valence electrons. The third kappa shape index (κ3) is 2.68. The van der Waals surface area contributed by atoms with E-state index in [1.165, 1.54) is 0 Å². The lowest BCUT2D eigenvalue weighted by atomic mass is 10.0. The Bertz CT molecular complexity index is 375. The summed E-state index contributed by atoms with van der Waals surface area (Å²) in [4.78, 5) is 0. The molecule has 0 saturated carbocycles. The Labute approximate surface area is 105 Å². The number of hydrogen-bond acceptors (Lipinski definition) is 3. The zero-order valence-corrected chi connectivity index (χ0v) is 11.6. The van der Waals surface area contributed by atoms with Gasteiger partial charge in [-0.25, -0.2) is 0 Å². The van der Waals surface area contributed by atoms with Gasteiger partial charge in [-0.3, -0.25) is 0 Å². The molecule has 0 aliphatic carbocycles. The molecule has 1 N–H and O–H groups in total. The van der Waals surface area contributed by atoms with Crippen LogP contribution in [0.4, 0.5) is 0 Å². The van der Waals surface area contributed by atoms with Crippen LogP contribution in [0, 0.1) is 6.92 Å². The van der Waals surface area contributed by atoms with Crippen molar-refractivity contribution < 1.29 is 14.6 Å². The Kier molecular flexibility index (Phi) is 4.62. The van der Waals surface area contributed by atoms with Crippen LogP contribution in [-0.2, 0) is 6.42 Å². The van der Waals surface area contributed by atoms with Crippen molar-refractivity contribution in [1.29, 1.82) is 0 Å². The molecular formula is C12H17BrO3. The van der Waals surface area contributed by atoms with Crippen molar-refractivity contribution in [2.45, 2.75) is 26.4 Å². The Morgan fingerprint density at radius 3 is 2.44 bits per heavy atom. The van der Waals surface area contributed by atoms with E-state index in [9.17, 15) is 5.11 Å². The first-order valence-electron chi connectivity index (χ1n) is 5.09. The maximum atomic E-state index is 9.45. The number of hydrogen-bond donors (Lipinski definition) is 1. The minimum absolute atomic E-state index is 0.381. The molecule has 16 heavy (non-hydrogen) atoms. The molecule has 0 fully saturated rings. The van der Waals surface area contributed by atoms with Gasteiger partial charge in [0.05, 0.1) is 24.8 Å². The van der Waals surface area contributed by atoms with E-state index in [2.05, 4.69) is 15.9 Å². The number of halogens is 1. The lowest BCUT2D eigenvalue weighted by Gasteiger charge is -2.16. The molecular weight excluding hydrogens is 272 g/mol. The summed E-state index contributed by atoms with van der Waals surface area (Å²) in [5.74, 6) is 1.37. The monoisotopic (exact) mass is 288 g/mol. The molecule has 4 heteroatoms. The molecule has 0 spiro atoms. The molecule has 3 nitrogen and oxygen atoms in total. The summed E-state index contributed by atoms with van der Waals surface area (Å²) in [7, 11) is 3.21. The van der Waals surface area contributed by atoms with Crippen LogP contribution in [0.1, 0.15) is 18.1 Å². The van der Waals surface area contributed by atoms with Crippen LogP contribution < -0.4 is 9.47 Å². The maximum Gasteiger partial charge on any atom is 0.175 e. The summed E-state index contributed by atoms with van der Waals surface area (Å²) < 4.78 is 11.4. The molecule has 0 aliphatic heterocycles. The molecule has 1 rings (SSSR count). The number of rotatable bonds is 4. The molecule has 0 amide bonds. The average Bonchev–Trinajstić information content (AvgIpc) is 2.23. The summed E-state index contributed by atoms with van der Waals surface area (Å²) in [6.07, 6.45) is 0.209. The summed E-state index contributed by atoms with van der Waals surface area (Å²) in [6.45, 7) is 3.76. The number of benzene rings is 1. The van der Waals surface area contributed by atoms with Crippen molar-refractivity contribution in [1.82, 2.24) is 0 Å². The van der Waals surface area contributed by atoms with Gasteiger partial charge in [0, 0.05) is 0 Å². The number of aliphatic hydroxyl groups is 1. The van der Waals surface area contributed by atoms with Crippen LogP contribution in [0.2, 0.25) is 0 Å². The van der Waals surface area contributed by atoms with Crippen molar-refractivity contribution >= 4 is 15.9 Å². The van der Waals surface area contributed by atoms with E-state index >= 15 is 0 Å². The van der Waals surface area contributed by atoms with Crippen LogP contribution in [0.3, 0.4) is 0 Å². The first kappa shape index (κ1) is 13.3. The normalized spacial score (nSPS) is 12.4. The second kappa shape index (κ2) is 5.55. The van der Waals surface area contributed by atoms with E-state index in [4.69, 9.17) is 9.47 Å². The molecule has 1 atom stereocenters. The zero-order chi connectivity index (χ0) is 12.3. The predicted molar refractivity (Wildman–Crippen MR) is 67.4 cm³/mol. The predicted octanol–water partition coefficient (Wildman–Crippen LogP) is 2.70. The van der Waals surface area contributed by atoms with Gasteiger partial charge in [-0.15, -0.1) is 0 Å². The first-order valence-corrected chi connectivity index (χ1v) is 5.88. The maximum absolute atomic E-state index is 9.45. The molecule has 0 heterocycles. The highest BCUT2D eigenvalue weighted by Crippen LogP contribution is 2.39. The van der Waals surface area contributed by atoms with E-state index in [0.717, 1.165) is 15.6 Å². The molecule has 1 aromatic carbocycles. The summed E-state index contributed by atoms with van der Waals surface area (Å²) in [5, 5.41) is 9.45. The smallest absolute Gasteiger partial charge is 0.175 e. The Balaban J connectivity index is 3.29. The Morgan fingerprint density at radius 1 is 1.38 bits per heavy atom. The topological polar surface area (TPSA) is 38.7 Å². The largest absolute Gasteiger partial charge is 0.493 e. The van der Waals surface area contributed by atoms with Crippen LogP contribution in [0.25, 0.3) is 0 Å². The van der Waals surface area contributed by atoms with Gasteiger partial charge in [0.2, 0.25) is 0 Å². The molecule has 1 unspecified atom stereocenters. The lowest BCUT2D eigenvalue weighted by Crippen LogP contribution is -2.07. The quantitative estimate of drug-likeness (QED) is 0.926. The van der Waals surface area contributed by atoms with Gasteiger partial charge >= 0.3 is 0 Å². The van der Waals surface area contributed by atoms with Gasteiger partial charge in [-0.1, -0.05) is 0 Å². The standard InChI is InChI=1S/C12H17BrO3/c1-7-5-10(15-3)12(16-4)11(13)9(7)6-8(2)14/h5,8,14H,6H2,1-4H3. The molecule has 0 aromatic heterocycles. The number of aliphatic hydroxyl groups excluding tert-OH is 1. The molecule has 1 aromatic rings. The summed E-state index contributed by atoms with van der Waals surface area (Å²) in [5.41, 5.74) is 2.12. The van der Waals surface area contributed by atoms with Crippen molar-refractivity contribution in [3.63, 3.8) is 0 Å². The summed E-state index contributed by atoms with van der Waals surface area (Å²) >= 11 is 3.50. The minimum atomic E-state index is -0.381. The van der Waals surface area contributed by atoms with Crippen molar-refractivity contribution in [2.24, 2.45) is 0 Å². The lowest BCUT2D eigenvalue weighted by molar-refractivity contribution is 0.195. The highest BCUT2D eigenvalue weighted by molar-refractivity contribution is 9.10. The van der Waals surface area contributed by atoms with Crippen LogP contribution in [0.15, 0.2) is 10.5 Å². The molecule has 0 radical (unpaired) electrons. The Morgan fingerprint density at radius 2 is 2.00 bits per heavy atom. The minimum Gasteiger partial charge on any atom is -0.493 e. The highest BCUT2D eigenvalue weighted by atomic mass is 79.9. The van der Waals surface area contributed by atoms with Crippen molar-refractivity contribution in [2.75, 3.05) is 14.2 Å². The van der Waals surface area contributed by atoms with Gasteiger partial charge in [-0.05, 0) is 53.4 Å². The van der Waals surface area contributed by atoms with E-state index in [1.54, 1.807) is 21.1 Å². The van der Waals surface area contributed by atoms with E-state index < -0.39 is 0 Å². The number of ether oxygens (including phenoxy) is 2. The fourth-order valence-corrected chi connectivity index (χ4v) is 2.49. The molecule has 0 saturated heterocycles. The third-order valence-corrected chi connectivity index (χ3v) is 3.27. The van der Waals surface area contributed by atoms with Gasteiger partial charge < -0.3 is 14.6 Å². The highest BCUT2D eigenvalue weighted by Gasteiger charge is 2.16. The van der Waals surface area contributed by atoms with E-state index in [0.29, 0.717) is 17.9 Å². The fourth-order valence-electron chi connectivity index (χ4n) is 1.66. The second-order valence-corrected chi connectivity index (χ2v) is 4.57. The summed E-state index contributed by atoms with van der Waals surface area (Å²) in [6, 6.07) is 1.92. The molecule has 0 aliphatic rings. The van der Waals surface area contributed by atoms with Gasteiger partial charge in [-0.2, -0.15) is 0 Å². The number of methoxy groups -OCH3 is 2. The van der Waals surface area contributed by atoms with Gasteiger partial charge in [0.25, 0.3) is 0 Å².